The second kappa shape index (κ2) is 3.42. The molecule has 0 spiro atoms. The van der Waals surface area contributed by atoms with Crippen molar-refractivity contribution in [3.63, 3.8) is 0 Å². The van der Waals surface area contributed by atoms with Crippen LogP contribution in [0.25, 0.3) is 10.8 Å². The Morgan fingerprint density at radius 3 is 2.73 bits per heavy atom. The van der Waals surface area contributed by atoms with Crippen molar-refractivity contribution < 1.29 is 4.74 Å². The fourth-order valence-electron chi connectivity index (χ4n) is 1.89. The summed E-state index contributed by atoms with van der Waals surface area (Å²) in [4.78, 5) is 11.9. The second-order valence-corrected chi connectivity index (χ2v) is 3.61. The number of pyridine rings is 1. The molecule has 0 atom stereocenters. The van der Waals surface area contributed by atoms with Gasteiger partial charge in [-0.15, -0.1) is 0 Å². The second-order valence-electron chi connectivity index (χ2n) is 3.61. The largest absolute Gasteiger partial charge is 0.496 e. The van der Waals surface area contributed by atoms with E-state index in [9.17, 15) is 4.79 Å². The minimum Gasteiger partial charge on any atom is -0.496 e. The van der Waals surface area contributed by atoms with Gasteiger partial charge in [-0.2, -0.15) is 0 Å². The number of hydrogen-bond acceptors (Lipinski definition) is 2. The average molecular weight is 203 g/mol. The van der Waals surface area contributed by atoms with Crippen LogP contribution in [0, 0.1) is 6.92 Å². The van der Waals surface area contributed by atoms with E-state index in [1.807, 2.05) is 31.3 Å². The molecule has 0 aliphatic heterocycles. The number of aryl methyl sites for hydroxylation is 2. The molecule has 2 aromatic rings. The molecule has 1 aromatic heterocycles. The van der Waals surface area contributed by atoms with Gasteiger partial charge >= 0.3 is 0 Å². The Morgan fingerprint density at radius 1 is 1.33 bits per heavy atom. The highest BCUT2D eigenvalue weighted by atomic mass is 16.5. The Balaban J connectivity index is 3.02. The van der Waals surface area contributed by atoms with Crippen LogP contribution in [0.15, 0.2) is 29.2 Å². The molecule has 0 saturated carbocycles. The van der Waals surface area contributed by atoms with Gasteiger partial charge in [-0.25, -0.2) is 0 Å². The summed E-state index contributed by atoms with van der Waals surface area (Å²) >= 11 is 0. The molecule has 0 amide bonds. The summed E-state index contributed by atoms with van der Waals surface area (Å²) in [6.07, 6.45) is 1.83. The van der Waals surface area contributed by atoms with Crippen LogP contribution in [-0.2, 0) is 7.05 Å². The quantitative estimate of drug-likeness (QED) is 0.708. The average Bonchev–Trinajstić information content (AvgIpc) is 2.25. The molecule has 3 heteroatoms. The van der Waals surface area contributed by atoms with Crippen molar-refractivity contribution in [2.75, 3.05) is 7.11 Å². The van der Waals surface area contributed by atoms with Gasteiger partial charge in [0, 0.05) is 18.6 Å². The summed E-state index contributed by atoms with van der Waals surface area (Å²) in [6.45, 7) is 1.98. The molecule has 0 fully saturated rings. The predicted molar refractivity (Wildman–Crippen MR) is 60.5 cm³/mol. The normalized spacial score (nSPS) is 10.6. The van der Waals surface area contributed by atoms with Crippen LogP contribution in [0.2, 0.25) is 0 Å². The standard InChI is InChI=1S/C12H13NO2/c1-8-7-13(2)12(14)9-5-4-6-10(15-3)11(8)9/h4-7H,1-3H3. The maximum atomic E-state index is 11.9. The zero-order chi connectivity index (χ0) is 11.0. The van der Waals surface area contributed by atoms with Gasteiger partial charge in [0.05, 0.1) is 12.5 Å². The summed E-state index contributed by atoms with van der Waals surface area (Å²) in [5, 5.41) is 1.61. The van der Waals surface area contributed by atoms with E-state index >= 15 is 0 Å². The lowest BCUT2D eigenvalue weighted by Crippen LogP contribution is -2.16. The van der Waals surface area contributed by atoms with Gasteiger partial charge in [0.2, 0.25) is 0 Å². The van der Waals surface area contributed by atoms with Crippen molar-refractivity contribution in [3.05, 3.63) is 40.3 Å². The van der Waals surface area contributed by atoms with Gasteiger partial charge in [0.25, 0.3) is 5.56 Å². The minimum absolute atomic E-state index is 0.00880. The molecule has 2 rings (SSSR count). The maximum Gasteiger partial charge on any atom is 0.258 e. The van der Waals surface area contributed by atoms with Crippen molar-refractivity contribution >= 4 is 10.8 Å². The third-order valence-electron chi connectivity index (χ3n) is 2.58. The molecule has 0 aliphatic rings. The Hall–Kier alpha value is -1.77. The highest BCUT2D eigenvalue weighted by molar-refractivity contribution is 5.90. The van der Waals surface area contributed by atoms with Gasteiger partial charge in [-0.05, 0) is 24.6 Å². The molecular formula is C12H13NO2. The van der Waals surface area contributed by atoms with Gasteiger partial charge in [-0.3, -0.25) is 4.79 Å². The van der Waals surface area contributed by atoms with Crippen LogP contribution in [-0.4, -0.2) is 11.7 Å². The van der Waals surface area contributed by atoms with Crippen LogP contribution >= 0.6 is 0 Å². The summed E-state index contributed by atoms with van der Waals surface area (Å²) in [5.41, 5.74) is 1.05. The first-order valence-corrected chi connectivity index (χ1v) is 4.78. The molecule has 1 aromatic carbocycles. The first-order valence-electron chi connectivity index (χ1n) is 4.78. The molecule has 78 valence electrons. The van der Waals surface area contributed by atoms with Crippen molar-refractivity contribution in [1.82, 2.24) is 4.57 Å². The van der Waals surface area contributed by atoms with Crippen molar-refractivity contribution in [2.45, 2.75) is 6.92 Å². The summed E-state index contributed by atoms with van der Waals surface area (Å²) < 4.78 is 6.85. The molecule has 15 heavy (non-hydrogen) atoms. The number of ether oxygens (including phenoxy) is 1. The lowest BCUT2D eigenvalue weighted by molar-refractivity contribution is 0.419. The van der Waals surface area contributed by atoms with Gasteiger partial charge in [0.1, 0.15) is 5.75 Å². The lowest BCUT2D eigenvalue weighted by Gasteiger charge is -2.09. The number of nitrogens with zero attached hydrogens (tertiary/aromatic N) is 1. The van der Waals surface area contributed by atoms with E-state index in [0.717, 1.165) is 16.7 Å². The fourth-order valence-corrected chi connectivity index (χ4v) is 1.89. The molecule has 0 radical (unpaired) electrons. The maximum absolute atomic E-state index is 11.9. The van der Waals surface area contributed by atoms with Gasteiger partial charge in [-0.1, -0.05) is 6.07 Å². The molecule has 0 N–H and O–H groups in total. The number of hydrogen-bond donors (Lipinski definition) is 0. The topological polar surface area (TPSA) is 31.2 Å². The first-order chi connectivity index (χ1) is 7.15. The monoisotopic (exact) mass is 203 g/mol. The SMILES string of the molecule is COc1cccc2c(=O)n(C)cc(C)c12. The highest BCUT2D eigenvalue weighted by Gasteiger charge is 2.08. The predicted octanol–water partition coefficient (Wildman–Crippen LogP) is 1.86. The molecule has 0 unspecified atom stereocenters. The molecule has 3 nitrogen and oxygen atoms in total. The zero-order valence-electron chi connectivity index (χ0n) is 9.07. The third-order valence-corrected chi connectivity index (χ3v) is 2.58. The molecule has 0 aliphatic carbocycles. The summed E-state index contributed by atoms with van der Waals surface area (Å²) in [6, 6.07) is 5.53. The van der Waals surface area contributed by atoms with E-state index in [1.54, 1.807) is 18.7 Å². The number of fused-ring (bicyclic) bond motifs is 1. The van der Waals surface area contributed by atoms with Crippen LogP contribution in [0.1, 0.15) is 5.56 Å². The number of rotatable bonds is 1. The molecule has 1 heterocycles. The van der Waals surface area contributed by atoms with E-state index in [1.165, 1.54) is 0 Å². The summed E-state index contributed by atoms with van der Waals surface area (Å²) in [5.74, 6) is 0.753. The Kier molecular flexibility index (Phi) is 2.23. The Morgan fingerprint density at radius 2 is 2.07 bits per heavy atom. The summed E-state index contributed by atoms with van der Waals surface area (Å²) in [7, 11) is 3.37. The zero-order valence-corrected chi connectivity index (χ0v) is 9.07. The minimum atomic E-state index is 0.00880. The van der Waals surface area contributed by atoms with E-state index < -0.39 is 0 Å². The van der Waals surface area contributed by atoms with Crippen LogP contribution < -0.4 is 10.3 Å². The Labute approximate surface area is 87.9 Å². The highest BCUT2D eigenvalue weighted by Crippen LogP contribution is 2.25. The van der Waals surface area contributed by atoms with E-state index in [2.05, 4.69) is 0 Å². The molecular weight excluding hydrogens is 190 g/mol. The molecule has 0 saturated heterocycles. The lowest BCUT2D eigenvalue weighted by atomic mass is 10.1. The fraction of sp³-hybridized carbons (Fsp3) is 0.250. The van der Waals surface area contributed by atoms with Crippen LogP contribution in [0.5, 0.6) is 5.75 Å². The van der Waals surface area contributed by atoms with Gasteiger partial charge < -0.3 is 9.30 Å². The number of benzene rings is 1. The third kappa shape index (κ3) is 1.40. The van der Waals surface area contributed by atoms with Crippen molar-refractivity contribution in [3.8, 4) is 5.75 Å². The van der Waals surface area contributed by atoms with Gasteiger partial charge in [0.15, 0.2) is 0 Å². The smallest absolute Gasteiger partial charge is 0.258 e. The number of methoxy groups -OCH3 is 1. The van der Waals surface area contributed by atoms with Crippen LogP contribution in [0.3, 0.4) is 0 Å². The first kappa shape index (κ1) is 9.77. The number of aromatic nitrogens is 1. The Bertz CT molecular complexity index is 570. The van der Waals surface area contributed by atoms with E-state index in [-0.39, 0.29) is 5.56 Å². The van der Waals surface area contributed by atoms with E-state index in [4.69, 9.17) is 4.74 Å². The van der Waals surface area contributed by atoms with Crippen molar-refractivity contribution in [1.29, 1.82) is 0 Å². The van der Waals surface area contributed by atoms with E-state index in [0.29, 0.717) is 5.39 Å². The van der Waals surface area contributed by atoms with Crippen molar-refractivity contribution in [2.24, 2.45) is 7.05 Å². The van der Waals surface area contributed by atoms with Crippen LogP contribution in [0.4, 0.5) is 0 Å². The molecule has 0 bridgehead atoms.